The summed E-state index contributed by atoms with van der Waals surface area (Å²) >= 11 is 0. The normalized spacial score (nSPS) is 18.1. The van der Waals surface area contributed by atoms with E-state index in [1.165, 1.54) is 31.2 Å². The van der Waals surface area contributed by atoms with Gasteiger partial charge in [0.15, 0.2) is 12.7 Å². The van der Waals surface area contributed by atoms with Crippen LogP contribution in [0.3, 0.4) is 0 Å². The zero-order valence-corrected chi connectivity index (χ0v) is 35.1. The van der Waals surface area contributed by atoms with Crippen molar-refractivity contribution >= 4 is 29.7 Å². The van der Waals surface area contributed by atoms with Crippen molar-refractivity contribution in [3.63, 3.8) is 0 Å². The van der Waals surface area contributed by atoms with Crippen molar-refractivity contribution in [3.05, 3.63) is 102 Å². The van der Waals surface area contributed by atoms with Crippen LogP contribution in [0, 0.1) is 12.3 Å². The van der Waals surface area contributed by atoms with E-state index in [4.69, 9.17) is 28.1 Å². The molecule has 58 heavy (non-hydrogen) atoms. The molecule has 15 nitrogen and oxygen atoms in total. The predicted molar refractivity (Wildman–Crippen MR) is 218 cm³/mol. The first-order valence-corrected chi connectivity index (χ1v) is 19.2. The van der Waals surface area contributed by atoms with Gasteiger partial charge < -0.3 is 43.6 Å². The van der Waals surface area contributed by atoms with E-state index in [0.29, 0.717) is 17.9 Å². The Morgan fingerprint density at radius 3 is 2.26 bits per heavy atom. The quantitative estimate of drug-likeness (QED) is 0.0867. The van der Waals surface area contributed by atoms with Crippen LogP contribution in [0.25, 0.3) is 0 Å². The van der Waals surface area contributed by atoms with E-state index in [2.05, 4.69) is 15.6 Å². The largest absolute Gasteiger partial charge is 0.463 e. The number of methoxy groups -OCH3 is 1. The summed E-state index contributed by atoms with van der Waals surface area (Å²) in [6.45, 7) is 11.9. The average Bonchev–Trinajstić information content (AvgIpc) is 3.86. The summed E-state index contributed by atoms with van der Waals surface area (Å²) < 4.78 is 32.8. The van der Waals surface area contributed by atoms with Crippen LogP contribution < -0.4 is 10.6 Å². The van der Waals surface area contributed by atoms with Gasteiger partial charge in [0, 0.05) is 53.0 Å². The van der Waals surface area contributed by atoms with E-state index in [0.717, 1.165) is 5.76 Å². The number of esters is 2. The molecule has 0 radical (unpaired) electrons. The molecule has 0 saturated carbocycles. The summed E-state index contributed by atoms with van der Waals surface area (Å²) in [5, 5.41) is 5.49. The Bertz CT molecular complexity index is 1730. The Hall–Kier alpha value is -5.38. The first-order valence-electron chi connectivity index (χ1n) is 19.2. The van der Waals surface area contributed by atoms with Gasteiger partial charge >= 0.3 is 11.9 Å². The molecule has 3 amide bonds. The number of hydrogen-bond acceptors (Lipinski definition) is 12. The monoisotopic (exact) mass is 808 g/mol. The third kappa shape index (κ3) is 15.9. The van der Waals surface area contributed by atoms with Crippen molar-refractivity contribution in [2.24, 2.45) is 5.41 Å². The van der Waals surface area contributed by atoms with Gasteiger partial charge in [-0.1, -0.05) is 86.8 Å². The summed E-state index contributed by atoms with van der Waals surface area (Å²) in [6, 6.07) is -0.654. The van der Waals surface area contributed by atoms with E-state index in [-0.39, 0.29) is 45.3 Å². The van der Waals surface area contributed by atoms with Crippen molar-refractivity contribution < 1.29 is 52.1 Å². The Kier molecular flexibility index (Phi) is 21.1. The van der Waals surface area contributed by atoms with Crippen molar-refractivity contribution in [1.29, 1.82) is 0 Å². The number of aromatic nitrogens is 1. The Balaban J connectivity index is 1.92. The fraction of sp³-hybridized carbons (Fsp3) is 0.488. The maximum atomic E-state index is 13.6. The summed E-state index contributed by atoms with van der Waals surface area (Å²) in [6.07, 6.45) is 23.7. The molecule has 0 spiro atoms. The van der Waals surface area contributed by atoms with Crippen LogP contribution in [0.4, 0.5) is 0 Å². The van der Waals surface area contributed by atoms with Crippen molar-refractivity contribution in [2.45, 2.75) is 91.7 Å². The lowest BCUT2D eigenvalue weighted by molar-refractivity contribution is -0.165. The maximum Gasteiger partial charge on any atom is 0.306 e. The predicted octanol–water partition coefficient (Wildman–Crippen LogP) is 4.91. The van der Waals surface area contributed by atoms with Crippen molar-refractivity contribution in [1.82, 2.24) is 20.5 Å². The minimum absolute atomic E-state index is 0.101. The zero-order chi connectivity index (χ0) is 43.1. The minimum Gasteiger partial charge on any atom is -0.463 e. The number of amides is 3. The number of rotatable bonds is 23. The van der Waals surface area contributed by atoms with Crippen LogP contribution >= 0.6 is 0 Å². The number of hydrogen-bond donors (Lipinski definition) is 2. The lowest BCUT2D eigenvalue weighted by Gasteiger charge is -2.37. The number of allylic oxidation sites excluding steroid dienone is 11. The fourth-order valence-corrected chi connectivity index (χ4v) is 5.48. The van der Waals surface area contributed by atoms with E-state index in [1.54, 1.807) is 84.2 Å². The number of ether oxygens (including phenoxy) is 5. The van der Waals surface area contributed by atoms with E-state index >= 15 is 0 Å². The molecule has 4 unspecified atom stereocenters. The lowest BCUT2D eigenvalue weighted by Crippen LogP contribution is -2.63. The van der Waals surface area contributed by atoms with Gasteiger partial charge in [-0.2, -0.15) is 0 Å². The highest BCUT2D eigenvalue weighted by molar-refractivity contribution is 5.95. The molecule has 0 bridgehead atoms. The Morgan fingerprint density at radius 2 is 1.64 bits per heavy atom. The van der Waals surface area contributed by atoms with E-state index in [1.807, 2.05) is 37.3 Å². The van der Waals surface area contributed by atoms with Crippen LogP contribution in [0.5, 0.6) is 0 Å². The van der Waals surface area contributed by atoms with Gasteiger partial charge in [0.25, 0.3) is 5.91 Å². The average molecular weight is 809 g/mol. The zero-order valence-electron chi connectivity index (χ0n) is 35.1. The maximum absolute atomic E-state index is 13.6. The lowest BCUT2D eigenvalue weighted by atomic mass is 9.81. The molecule has 1 saturated heterocycles. The molecule has 0 aromatic carbocycles. The third-order valence-corrected chi connectivity index (χ3v) is 9.02. The van der Waals surface area contributed by atoms with Crippen molar-refractivity contribution in [3.8, 4) is 0 Å². The Labute approximate surface area is 341 Å². The highest BCUT2D eigenvalue weighted by atomic mass is 16.7. The highest BCUT2D eigenvalue weighted by Crippen LogP contribution is 2.30. The summed E-state index contributed by atoms with van der Waals surface area (Å²) in [7, 11) is 2.99. The highest BCUT2D eigenvalue weighted by Gasteiger charge is 2.49. The second-order valence-electron chi connectivity index (χ2n) is 13.9. The second-order valence-corrected chi connectivity index (χ2v) is 13.9. The number of oxazole rings is 1. The number of nitrogens with zero attached hydrogens (tertiary/aromatic N) is 2. The SMILES string of the molecule is CCC(=O)OCC(C(C)OC)N(C)C(=O)C1(NC(=O)/C=C/C=C/C=C/C=C\CNC(=O)C(C)(C)C(OC(=O)CC)\C(C)=C/C=C\C=C\Cc2cnc(C)o2)COCO1. The molecule has 4 atom stereocenters. The van der Waals surface area contributed by atoms with Crippen LogP contribution in [-0.2, 0) is 54.1 Å². The van der Waals surface area contributed by atoms with Crippen molar-refractivity contribution in [2.75, 3.05) is 40.7 Å². The summed E-state index contributed by atoms with van der Waals surface area (Å²) in [5.74, 6) is -0.915. The van der Waals surface area contributed by atoms with Crippen LogP contribution in [0.2, 0.25) is 0 Å². The van der Waals surface area contributed by atoms with Gasteiger partial charge in [-0.05, 0) is 33.3 Å². The minimum atomic E-state index is -1.78. The molecule has 2 rings (SSSR count). The molecular weight excluding hydrogens is 748 g/mol. The summed E-state index contributed by atoms with van der Waals surface area (Å²) in [4.78, 5) is 69.2. The number of carbonyl (C=O) groups excluding carboxylic acids is 5. The number of aryl methyl sites for hydroxylation is 1. The topological polar surface area (TPSA) is 185 Å². The van der Waals surface area contributed by atoms with Gasteiger partial charge in [0.05, 0.1) is 23.8 Å². The molecule has 1 aromatic rings. The first kappa shape index (κ1) is 48.8. The first-order chi connectivity index (χ1) is 27.6. The molecule has 318 valence electrons. The van der Waals surface area contributed by atoms with Gasteiger partial charge in [0.1, 0.15) is 25.1 Å². The van der Waals surface area contributed by atoms with E-state index in [9.17, 15) is 24.0 Å². The van der Waals surface area contributed by atoms with Crippen LogP contribution in [-0.4, -0.2) is 104 Å². The standard InChI is InChI=1S/C43H60N4O11/c1-10-37(49)55-28-35(32(4)53-9)47(8)41(52)43(29-54-30-56-43)46-36(48)25-21-15-13-12-14-18-22-26-44-40(51)42(6,7)39(58-38(50)11-2)31(3)23-19-16-17-20-24-34-27-45-33(5)57-34/h12-23,25,27,32,35,39H,10-11,24,26,28-30H2,1-9H3,(H,44,51)(H,46,48)/b14-12+,15-13+,19-16-,20-17+,22-18-,25-21+,31-23-. The van der Waals surface area contributed by atoms with Gasteiger partial charge in [-0.25, -0.2) is 4.98 Å². The number of carbonyl (C=O) groups is 5. The third-order valence-electron chi connectivity index (χ3n) is 9.02. The molecule has 1 aliphatic heterocycles. The smallest absolute Gasteiger partial charge is 0.306 e. The van der Waals surface area contributed by atoms with Gasteiger partial charge in [-0.3, -0.25) is 24.0 Å². The molecule has 15 heteroatoms. The second kappa shape index (κ2) is 25.1. The fourth-order valence-electron chi connectivity index (χ4n) is 5.48. The molecule has 1 fully saturated rings. The molecular formula is C43H60N4O11. The number of likely N-dealkylation sites (N-methyl/N-ethyl adjacent to an activating group) is 1. The Morgan fingerprint density at radius 1 is 0.983 bits per heavy atom. The van der Waals surface area contributed by atoms with Gasteiger partial charge in [0.2, 0.25) is 17.5 Å². The van der Waals surface area contributed by atoms with Crippen LogP contribution in [0.1, 0.15) is 66.0 Å². The molecule has 0 aliphatic carbocycles. The summed E-state index contributed by atoms with van der Waals surface area (Å²) in [5.41, 5.74) is -2.13. The van der Waals surface area contributed by atoms with Crippen LogP contribution in [0.15, 0.2) is 95.2 Å². The molecule has 1 aliphatic rings. The molecule has 1 aromatic heterocycles. The van der Waals surface area contributed by atoms with E-state index < -0.39 is 53.1 Å². The van der Waals surface area contributed by atoms with Gasteiger partial charge in [-0.15, -0.1) is 0 Å². The molecule has 2 N–H and O–H groups in total. The molecule has 2 heterocycles. The number of nitrogens with one attached hydrogen (secondary N) is 2.